The average molecular weight is 230 g/mol. The van der Waals surface area contributed by atoms with Crippen molar-refractivity contribution in [2.45, 2.75) is 25.1 Å². The Hall–Kier alpha value is -0.180. The van der Waals surface area contributed by atoms with Gasteiger partial charge >= 0.3 is 0 Å². The van der Waals surface area contributed by atoms with Crippen LogP contribution in [-0.2, 0) is 5.75 Å². The molecule has 1 aromatic rings. The van der Waals surface area contributed by atoms with Crippen molar-refractivity contribution in [1.82, 2.24) is 0 Å². The van der Waals surface area contributed by atoms with Crippen LogP contribution >= 0.6 is 23.4 Å². The lowest BCUT2D eigenvalue weighted by atomic mass is 10.2. The van der Waals surface area contributed by atoms with Gasteiger partial charge in [-0.1, -0.05) is 36.7 Å². The molecule has 78 valence electrons. The van der Waals surface area contributed by atoms with Crippen LogP contribution in [0.2, 0.25) is 5.02 Å². The van der Waals surface area contributed by atoms with Crippen LogP contribution in [0.5, 0.6) is 0 Å². The van der Waals surface area contributed by atoms with E-state index in [0.29, 0.717) is 6.04 Å². The molecule has 0 saturated heterocycles. The van der Waals surface area contributed by atoms with Crippen molar-refractivity contribution in [3.05, 3.63) is 34.9 Å². The summed E-state index contributed by atoms with van der Waals surface area (Å²) < 4.78 is 0. The number of hydrogen-bond acceptors (Lipinski definition) is 2. The van der Waals surface area contributed by atoms with Crippen LogP contribution in [0, 0.1) is 0 Å². The van der Waals surface area contributed by atoms with Gasteiger partial charge in [0, 0.05) is 22.6 Å². The summed E-state index contributed by atoms with van der Waals surface area (Å²) in [5, 5.41) is 0.852. The molecule has 0 fully saturated rings. The molecule has 1 nitrogen and oxygen atoms in total. The zero-order valence-electron chi connectivity index (χ0n) is 8.37. The van der Waals surface area contributed by atoms with Crippen LogP contribution in [-0.4, -0.2) is 11.8 Å². The summed E-state index contributed by atoms with van der Waals surface area (Å²) in [6.07, 6.45) is 1.04. The maximum absolute atomic E-state index is 6.03. The third kappa shape index (κ3) is 3.91. The number of nitrogens with two attached hydrogens (primary N) is 1. The van der Waals surface area contributed by atoms with Crippen molar-refractivity contribution in [3.8, 4) is 0 Å². The fourth-order valence-electron chi connectivity index (χ4n) is 1.05. The lowest BCUT2D eigenvalue weighted by Gasteiger charge is -2.08. The largest absolute Gasteiger partial charge is 0.327 e. The zero-order valence-corrected chi connectivity index (χ0v) is 9.94. The second-order valence-electron chi connectivity index (χ2n) is 3.27. The molecule has 1 aromatic carbocycles. The molecule has 1 unspecified atom stereocenters. The lowest BCUT2D eigenvalue weighted by Crippen LogP contribution is -2.21. The van der Waals surface area contributed by atoms with E-state index >= 15 is 0 Å². The number of halogens is 1. The second-order valence-corrected chi connectivity index (χ2v) is 4.71. The first kappa shape index (κ1) is 11.9. The van der Waals surface area contributed by atoms with Crippen LogP contribution in [0.25, 0.3) is 0 Å². The molecule has 3 heteroatoms. The van der Waals surface area contributed by atoms with Gasteiger partial charge in [-0.25, -0.2) is 0 Å². The summed E-state index contributed by atoms with van der Waals surface area (Å²) in [4.78, 5) is 0. The van der Waals surface area contributed by atoms with Crippen LogP contribution in [0.1, 0.15) is 18.9 Å². The standard InChI is InChI=1S/C11H16ClNS/c1-2-10(13)8-14-7-9-5-3-4-6-11(9)12/h3-6,10H,2,7-8,13H2,1H3. The highest BCUT2D eigenvalue weighted by atomic mass is 35.5. The Labute approximate surface area is 95.0 Å². The minimum Gasteiger partial charge on any atom is -0.327 e. The molecule has 0 aliphatic heterocycles. The average Bonchev–Trinajstić information content (AvgIpc) is 2.20. The molecule has 1 atom stereocenters. The highest BCUT2D eigenvalue weighted by Gasteiger charge is 2.01. The van der Waals surface area contributed by atoms with Crippen molar-refractivity contribution in [2.24, 2.45) is 5.73 Å². The molecular formula is C11H16ClNS. The summed E-state index contributed by atoms with van der Waals surface area (Å²) in [5.74, 6) is 1.95. The maximum Gasteiger partial charge on any atom is 0.0446 e. The molecule has 0 radical (unpaired) electrons. The van der Waals surface area contributed by atoms with E-state index in [4.69, 9.17) is 17.3 Å². The van der Waals surface area contributed by atoms with E-state index in [1.807, 2.05) is 30.0 Å². The molecule has 0 aromatic heterocycles. The van der Waals surface area contributed by atoms with Gasteiger partial charge in [-0.15, -0.1) is 0 Å². The van der Waals surface area contributed by atoms with E-state index in [1.165, 1.54) is 5.56 Å². The summed E-state index contributed by atoms with van der Waals surface area (Å²) in [6.45, 7) is 2.11. The first-order chi connectivity index (χ1) is 6.74. The third-order valence-corrected chi connectivity index (χ3v) is 3.62. The van der Waals surface area contributed by atoms with Gasteiger partial charge in [-0.05, 0) is 18.1 Å². The molecule has 14 heavy (non-hydrogen) atoms. The maximum atomic E-state index is 6.03. The molecular weight excluding hydrogens is 214 g/mol. The van der Waals surface area contributed by atoms with Crippen LogP contribution < -0.4 is 5.73 Å². The van der Waals surface area contributed by atoms with Gasteiger partial charge in [-0.2, -0.15) is 11.8 Å². The lowest BCUT2D eigenvalue weighted by molar-refractivity contribution is 0.725. The summed E-state index contributed by atoms with van der Waals surface area (Å²) in [6, 6.07) is 8.27. The molecule has 2 N–H and O–H groups in total. The number of benzene rings is 1. The van der Waals surface area contributed by atoms with Crippen LogP contribution in [0.4, 0.5) is 0 Å². The summed E-state index contributed by atoms with van der Waals surface area (Å²) >= 11 is 7.87. The van der Waals surface area contributed by atoms with Crippen LogP contribution in [0.3, 0.4) is 0 Å². The highest BCUT2D eigenvalue weighted by molar-refractivity contribution is 7.98. The Morgan fingerprint density at radius 2 is 2.14 bits per heavy atom. The van der Waals surface area contributed by atoms with E-state index in [2.05, 4.69) is 13.0 Å². The molecule has 1 rings (SSSR count). The smallest absolute Gasteiger partial charge is 0.0446 e. The van der Waals surface area contributed by atoms with Gasteiger partial charge < -0.3 is 5.73 Å². The Bertz CT molecular complexity index is 278. The third-order valence-electron chi connectivity index (χ3n) is 2.07. The first-order valence-electron chi connectivity index (χ1n) is 4.80. The van der Waals surface area contributed by atoms with E-state index in [-0.39, 0.29) is 0 Å². The van der Waals surface area contributed by atoms with Gasteiger partial charge in [0.25, 0.3) is 0 Å². The minimum absolute atomic E-state index is 0.308. The topological polar surface area (TPSA) is 26.0 Å². The molecule has 0 aliphatic carbocycles. The van der Waals surface area contributed by atoms with Gasteiger partial charge in [-0.3, -0.25) is 0 Å². The number of rotatable bonds is 5. The Morgan fingerprint density at radius 1 is 1.43 bits per heavy atom. The van der Waals surface area contributed by atoms with E-state index in [9.17, 15) is 0 Å². The SMILES string of the molecule is CCC(N)CSCc1ccccc1Cl. The predicted molar refractivity (Wildman–Crippen MR) is 65.9 cm³/mol. The van der Waals surface area contributed by atoms with E-state index in [0.717, 1.165) is 22.9 Å². The molecule has 0 spiro atoms. The van der Waals surface area contributed by atoms with Crippen molar-refractivity contribution in [3.63, 3.8) is 0 Å². The summed E-state index contributed by atoms with van der Waals surface area (Å²) in [5.41, 5.74) is 7.02. The Kier molecular flexibility index (Phi) is 5.38. The van der Waals surface area contributed by atoms with Crippen molar-refractivity contribution >= 4 is 23.4 Å². The molecule has 0 aliphatic rings. The summed E-state index contributed by atoms with van der Waals surface area (Å²) in [7, 11) is 0. The highest BCUT2D eigenvalue weighted by Crippen LogP contribution is 2.21. The predicted octanol–water partition coefficient (Wildman–Crippen LogP) is 3.31. The van der Waals surface area contributed by atoms with Crippen LogP contribution in [0.15, 0.2) is 24.3 Å². The number of hydrogen-bond donors (Lipinski definition) is 1. The van der Waals surface area contributed by atoms with Gasteiger partial charge in [0.1, 0.15) is 0 Å². The fourth-order valence-corrected chi connectivity index (χ4v) is 2.46. The number of thioether (sulfide) groups is 1. The van der Waals surface area contributed by atoms with Crippen molar-refractivity contribution in [1.29, 1.82) is 0 Å². The van der Waals surface area contributed by atoms with Gasteiger partial charge in [0.15, 0.2) is 0 Å². The van der Waals surface area contributed by atoms with Gasteiger partial charge in [0.2, 0.25) is 0 Å². The molecule has 0 heterocycles. The first-order valence-corrected chi connectivity index (χ1v) is 6.34. The van der Waals surface area contributed by atoms with E-state index < -0.39 is 0 Å². The van der Waals surface area contributed by atoms with E-state index in [1.54, 1.807) is 0 Å². The van der Waals surface area contributed by atoms with Gasteiger partial charge in [0.05, 0.1) is 0 Å². The minimum atomic E-state index is 0.308. The molecule has 0 amide bonds. The van der Waals surface area contributed by atoms with Crippen molar-refractivity contribution < 1.29 is 0 Å². The Balaban J connectivity index is 2.35. The Morgan fingerprint density at radius 3 is 2.79 bits per heavy atom. The fraction of sp³-hybridized carbons (Fsp3) is 0.455. The molecule has 0 bridgehead atoms. The normalized spacial score (nSPS) is 12.8. The monoisotopic (exact) mass is 229 g/mol. The van der Waals surface area contributed by atoms with Crippen molar-refractivity contribution in [2.75, 3.05) is 5.75 Å². The molecule has 0 saturated carbocycles. The quantitative estimate of drug-likeness (QED) is 0.839. The zero-order chi connectivity index (χ0) is 10.4. The second kappa shape index (κ2) is 6.33.